The molecule has 10 heteroatoms. The molecule has 0 spiro atoms. The van der Waals surface area contributed by atoms with E-state index in [1.165, 1.54) is 29.2 Å². The second-order valence-electron chi connectivity index (χ2n) is 8.96. The molecule has 0 aliphatic carbocycles. The Kier molecular flexibility index (Phi) is 8.81. The number of piperazine rings is 1. The Bertz CT molecular complexity index is 1240. The number of nitrogens with one attached hydrogen (secondary N) is 1. The smallest absolute Gasteiger partial charge is 0.338 e. The second kappa shape index (κ2) is 12.2. The maximum absolute atomic E-state index is 13.3. The first kappa shape index (κ1) is 27.3. The van der Waals surface area contributed by atoms with Crippen LogP contribution in [0.1, 0.15) is 28.9 Å². The minimum absolute atomic E-state index is 0.166. The third-order valence-electron chi connectivity index (χ3n) is 6.59. The lowest BCUT2D eigenvalue weighted by molar-refractivity contribution is -0.139. The Morgan fingerprint density at radius 3 is 2.45 bits per heavy atom. The molecule has 1 fully saturated rings. The lowest BCUT2D eigenvalue weighted by Gasteiger charge is -2.40. The molecule has 1 atom stereocenters. The number of hydrogen-bond acceptors (Lipinski definition) is 5. The number of carbonyl (C=O) groups excluding carboxylic acids is 3. The highest BCUT2D eigenvalue weighted by Gasteiger charge is 2.39. The maximum Gasteiger partial charge on any atom is 0.338 e. The number of carbonyl (C=O) groups is 3. The topological polar surface area (TPSA) is 82.2 Å². The number of esters is 1. The molecule has 38 heavy (non-hydrogen) atoms. The number of ether oxygens (including phenoxy) is 1. The van der Waals surface area contributed by atoms with Crippen LogP contribution in [0.5, 0.6) is 0 Å². The quantitative estimate of drug-likeness (QED) is 0.404. The van der Waals surface area contributed by atoms with Crippen LogP contribution in [0.4, 0.5) is 9.18 Å². The van der Waals surface area contributed by atoms with Gasteiger partial charge in [-0.3, -0.25) is 14.6 Å². The molecule has 2 aromatic rings. The fourth-order valence-corrected chi connectivity index (χ4v) is 4.93. The fraction of sp³-hybridized carbons (Fsp3) is 0.321. The number of amides is 3. The molecule has 2 aliphatic heterocycles. The molecule has 4 rings (SSSR count). The van der Waals surface area contributed by atoms with E-state index in [0.29, 0.717) is 53.6 Å². The van der Waals surface area contributed by atoms with Gasteiger partial charge < -0.3 is 15.0 Å². The van der Waals surface area contributed by atoms with E-state index in [9.17, 15) is 18.8 Å². The van der Waals surface area contributed by atoms with Gasteiger partial charge in [0.25, 0.3) is 5.91 Å². The zero-order valence-corrected chi connectivity index (χ0v) is 21.9. The summed E-state index contributed by atoms with van der Waals surface area (Å²) in [4.78, 5) is 44.7. The molecule has 1 N–H and O–H groups in total. The van der Waals surface area contributed by atoms with Gasteiger partial charge in [-0.25, -0.2) is 14.0 Å². The van der Waals surface area contributed by atoms with E-state index >= 15 is 0 Å². The lowest BCUT2D eigenvalue weighted by Crippen LogP contribution is -2.54. The third-order valence-corrected chi connectivity index (χ3v) is 6.93. The van der Waals surface area contributed by atoms with Crippen LogP contribution in [0, 0.1) is 5.82 Å². The van der Waals surface area contributed by atoms with Crippen molar-refractivity contribution in [3.8, 4) is 0 Å². The summed E-state index contributed by atoms with van der Waals surface area (Å²) in [6, 6.07) is 11.4. The molecule has 2 heterocycles. The van der Waals surface area contributed by atoms with Gasteiger partial charge in [0.05, 0.1) is 18.2 Å². The van der Waals surface area contributed by atoms with Crippen molar-refractivity contribution in [1.29, 1.82) is 0 Å². The van der Waals surface area contributed by atoms with Crippen molar-refractivity contribution in [2.24, 2.45) is 0 Å². The summed E-state index contributed by atoms with van der Waals surface area (Å²) in [6.07, 6.45) is 1.59. The first-order valence-corrected chi connectivity index (χ1v) is 12.8. The van der Waals surface area contributed by atoms with Crippen molar-refractivity contribution >= 4 is 29.5 Å². The van der Waals surface area contributed by atoms with Crippen LogP contribution in [0.25, 0.3) is 0 Å². The van der Waals surface area contributed by atoms with Crippen molar-refractivity contribution in [3.63, 3.8) is 0 Å². The molecular formula is C28H30ClFN4O4. The minimum Gasteiger partial charge on any atom is -0.463 e. The number of halogens is 2. The van der Waals surface area contributed by atoms with Gasteiger partial charge in [0, 0.05) is 55.6 Å². The predicted octanol–water partition coefficient (Wildman–Crippen LogP) is 4.01. The molecule has 0 aromatic heterocycles. The van der Waals surface area contributed by atoms with Crippen LogP contribution in [-0.2, 0) is 9.53 Å². The van der Waals surface area contributed by atoms with Crippen LogP contribution in [0.15, 0.2) is 72.5 Å². The summed E-state index contributed by atoms with van der Waals surface area (Å²) in [5, 5.41) is 3.33. The molecule has 0 radical (unpaired) electrons. The molecule has 200 valence electrons. The van der Waals surface area contributed by atoms with Gasteiger partial charge in [-0.2, -0.15) is 0 Å². The van der Waals surface area contributed by atoms with Crippen LogP contribution < -0.4 is 5.32 Å². The van der Waals surface area contributed by atoms with Crippen LogP contribution >= 0.6 is 11.6 Å². The van der Waals surface area contributed by atoms with Crippen LogP contribution in [0.3, 0.4) is 0 Å². The van der Waals surface area contributed by atoms with Crippen LogP contribution in [-0.4, -0.2) is 78.5 Å². The van der Waals surface area contributed by atoms with E-state index in [2.05, 4.69) is 16.8 Å². The van der Waals surface area contributed by atoms with Crippen LogP contribution in [0.2, 0.25) is 5.02 Å². The highest BCUT2D eigenvalue weighted by atomic mass is 35.5. The van der Waals surface area contributed by atoms with Gasteiger partial charge >= 0.3 is 12.0 Å². The number of hydrogen-bond donors (Lipinski definition) is 1. The Balaban J connectivity index is 1.62. The van der Waals surface area contributed by atoms with E-state index < -0.39 is 17.8 Å². The first-order chi connectivity index (χ1) is 18.3. The number of urea groups is 1. The Morgan fingerprint density at radius 1 is 1.13 bits per heavy atom. The summed E-state index contributed by atoms with van der Waals surface area (Å²) in [5.41, 5.74) is 1.84. The number of rotatable bonds is 8. The minimum atomic E-state index is -0.785. The predicted molar refractivity (Wildman–Crippen MR) is 142 cm³/mol. The summed E-state index contributed by atoms with van der Waals surface area (Å²) in [6.45, 7) is 8.08. The normalized spacial score (nSPS) is 18.3. The zero-order chi connectivity index (χ0) is 27.2. The molecular weight excluding hydrogens is 511 g/mol. The SMILES string of the molecule is C=CCN1C(=O)NC(c2ccccc2Cl)C(C(=O)OCC)=C1CN1CCN(C(=O)c2ccc(F)cc2)CC1. The average molecular weight is 541 g/mol. The van der Waals surface area contributed by atoms with E-state index in [0.717, 1.165) is 0 Å². The molecule has 1 saturated heterocycles. The van der Waals surface area contributed by atoms with Crippen molar-refractivity contribution in [2.75, 3.05) is 45.9 Å². The molecule has 2 aromatic carbocycles. The highest BCUT2D eigenvalue weighted by molar-refractivity contribution is 6.31. The van der Waals surface area contributed by atoms with Gasteiger partial charge in [-0.15, -0.1) is 6.58 Å². The highest BCUT2D eigenvalue weighted by Crippen LogP contribution is 2.35. The van der Waals surface area contributed by atoms with Crippen molar-refractivity contribution in [1.82, 2.24) is 20.0 Å². The van der Waals surface area contributed by atoms with Gasteiger partial charge in [-0.05, 0) is 42.8 Å². The molecule has 0 saturated carbocycles. The Hall–Kier alpha value is -3.69. The third kappa shape index (κ3) is 5.89. The molecule has 3 amide bonds. The molecule has 8 nitrogen and oxygen atoms in total. The van der Waals surface area contributed by atoms with Crippen molar-refractivity contribution < 1.29 is 23.5 Å². The van der Waals surface area contributed by atoms with Gasteiger partial charge in [-0.1, -0.05) is 35.9 Å². The van der Waals surface area contributed by atoms with Gasteiger partial charge in [0.1, 0.15) is 5.82 Å². The average Bonchev–Trinajstić information content (AvgIpc) is 2.91. The second-order valence-corrected chi connectivity index (χ2v) is 9.37. The number of nitrogens with zero attached hydrogens (tertiary/aromatic N) is 3. The zero-order valence-electron chi connectivity index (χ0n) is 21.2. The maximum atomic E-state index is 13.3. The summed E-state index contributed by atoms with van der Waals surface area (Å²) in [7, 11) is 0. The summed E-state index contributed by atoms with van der Waals surface area (Å²) in [5.74, 6) is -1.10. The first-order valence-electron chi connectivity index (χ1n) is 12.4. The fourth-order valence-electron chi connectivity index (χ4n) is 4.68. The van der Waals surface area contributed by atoms with E-state index in [1.807, 2.05) is 0 Å². The van der Waals surface area contributed by atoms with E-state index in [-0.39, 0.29) is 31.6 Å². The standard InChI is InChI=1S/C28H30ClFN4O4/c1-3-13-34-23(18-32-14-16-33(17-15-32)26(35)19-9-11-20(30)12-10-19)24(27(36)38-4-2)25(31-28(34)37)21-7-5-6-8-22(21)29/h3,5-12,25H,1,4,13-18H2,2H3,(H,31,37). The monoisotopic (exact) mass is 540 g/mol. The van der Waals surface area contributed by atoms with Crippen molar-refractivity contribution in [2.45, 2.75) is 13.0 Å². The molecule has 0 bridgehead atoms. The Morgan fingerprint density at radius 2 is 1.82 bits per heavy atom. The van der Waals surface area contributed by atoms with Gasteiger partial charge in [0.15, 0.2) is 0 Å². The van der Waals surface area contributed by atoms with Crippen molar-refractivity contribution in [3.05, 3.63) is 94.4 Å². The summed E-state index contributed by atoms with van der Waals surface area (Å²) < 4.78 is 18.7. The van der Waals surface area contributed by atoms with Gasteiger partial charge in [0.2, 0.25) is 0 Å². The Labute approximate surface area is 226 Å². The lowest BCUT2D eigenvalue weighted by atomic mass is 9.94. The largest absolute Gasteiger partial charge is 0.463 e. The molecule has 1 unspecified atom stereocenters. The van der Waals surface area contributed by atoms with E-state index in [1.54, 1.807) is 42.2 Å². The number of benzene rings is 2. The van der Waals surface area contributed by atoms with E-state index in [4.69, 9.17) is 16.3 Å². The molecule has 2 aliphatic rings. The summed E-state index contributed by atoms with van der Waals surface area (Å²) >= 11 is 6.47.